The average Bonchev–Trinajstić information content (AvgIpc) is 2.17. The maximum Gasteiger partial charge on any atom is 0.416 e. The van der Waals surface area contributed by atoms with E-state index in [0.29, 0.717) is 5.69 Å². The van der Waals surface area contributed by atoms with Crippen LogP contribution in [0.4, 0.5) is 18.9 Å². The fourth-order valence-corrected chi connectivity index (χ4v) is 1.47. The Hall–Kier alpha value is -0.750. The standard InChI is InChI=1S/C10H11BrF3NO/c1-6-2-3-7(11)4-8(6)15-5-9(16)10(12,13)14/h2-4,9,15-16H,5H2,1H3. The third-order valence-electron chi connectivity index (χ3n) is 2.06. The summed E-state index contributed by atoms with van der Waals surface area (Å²) >= 11 is 3.22. The second-order valence-corrected chi connectivity index (χ2v) is 4.31. The number of anilines is 1. The van der Waals surface area contributed by atoms with Gasteiger partial charge in [0, 0.05) is 16.7 Å². The van der Waals surface area contributed by atoms with Gasteiger partial charge in [-0.1, -0.05) is 22.0 Å². The van der Waals surface area contributed by atoms with Crippen LogP contribution in [-0.2, 0) is 0 Å². The van der Waals surface area contributed by atoms with E-state index in [2.05, 4.69) is 21.2 Å². The second-order valence-electron chi connectivity index (χ2n) is 3.40. The number of hydrogen-bond acceptors (Lipinski definition) is 2. The van der Waals surface area contributed by atoms with Gasteiger partial charge < -0.3 is 10.4 Å². The molecular weight excluding hydrogens is 287 g/mol. The summed E-state index contributed by atoms with van der Waals surface area (Å²) in [4.78, 5) is 0. The third-order valence-corrected chi connectivity index (χ3v) is 2.56. The SMILES string of the molecule is Cc1ccc(Br)cc1NCC(O)C(F)(F)F. The van der Waals surface area contributed by atoms with E-state index in [0.717, 1.165) is 10.0 Å². The predicted octanol–water partition coefficient (Wildman–Crippen LogP) is 3.09. The molecule has 0 heterocycles. The molecule has 2 N–H and O–H groups in total. The van der Waals surface area contributed by atoms with Gasteiger partial charge in [-0.2, -0.15) is 13.2 Å². The van der Waals surface area contributed by atoms with Crippen LogP contribution in [0.15, 0.2) is 22.7 Å². The molecule has 0 bridgehead atoms. The number of halogens is 4. The minimum atomic E-state index is -4.59. The van der Waals surface area contributed by atoms with Gasteiger partial charge in [-0.05, 0) is 24.6 Å². The molecule has 0 aromatic heterocycles. The summed E-state index contributed by atoms with van der Waals surface area (Å²) in [7, 11) is 0. The van der Waals surface area contributed by atoms with Crippen LogP contribution in [0, 0.1) is 6.92 Å². The molecule has 16 heavy (non-hydrogen) atoms. The summed E-state index contributed by atoms with van der Waals surface area (Å²) in [6, 6.07) is 5.23. The molecule has 1 atom stereocenters. The first-order chi connectivity index (χ1) is 7.30. The summed E-state index contributed by atoms with van der Waals surface area (Å²) < 4.78 is 36.9. The first kappa shape index (κ1) is 13.3. The Morgan fingerprint density at radius 2 is 2.06 bits per heavy atom. The number of benzene rings is 1. The van der Waals surface area contributed by atoms with E-state index in [9.17, 15) is 13.2 Å². The van der Waals surface area contributed by atoms with Gasteiger partial charge in [-0.25, -0.2) is 0 Å². The van der Waals surface area contributed by atoms with Crippen LogP contribution in [0.25, 0.3) is 0 Å². The van der Waals surface area contributed by atoms with E-state index in [4.69, 9.17) is 5.11 Å². The van der Waals surface area contributed by atoms with Crippen molar-refractivity contribution in [3.05, 3.63) is 28.2 Å². The maximum atomic E-state index is 12.0. The smallest absolute Gasteiger partial charge is 0.382 e. The summed E-state index contributed by atoms with van der Waals surface area (Å²) in [6.07, 6.45) is -6.95. The lowest BCUT2D eigenvalue weighted by Crippen LogP contribution is -2.35. The van der Waals surface area contributed by atoms with Crippen molar-refractivity contribution >= 4 is 21.6 Å². The molecule has 0 aliphatic carbocycles. The Kier molecular flexibility index (Phi) is 4.21. The molecule has 0 aliphatic heterocycles. The Bertz CT molecular complexity index is 368. The van der Waals surface area contributed by atoms with Crippen LogP contribution in [-0.4, -0.2) is 23.9 Å². The predicted molar refractivity (Wildman–Crippen MR) is 59.4 cm³/mol. The number of aliphatic hydroxyl groups excluding tert-OH is 1. The van der Waals surface area contributed by atoms with E-state index < -0.39 is 18.8 Å². The lowest BCUT2D eigenvalue weighted by molar-refractivity contribution is -0.198. The summed E-state index contributed by atoms with van der Waals surface area (Å²) in [5.74, 6) is 0. The third kappa shape index (κ3) is 3.68. The van der Waals surface area contributed by atoms with Crippen molar-refractivity contribution in [1.29, 1.82) is 0 Å². The monoisotopic (exact) mass is 297 g/mol. The van der Waals surface area contributed by atoms with E-state index in [-0.39, 0.29) is 0 Å². The van der Waals surface area contributed by atoms with Gasteiger partial charge in [0.2, 0.25) is 0 Å². The van der Waals surface area contributed by atoms with Gasteiger partial charge in [0.05, 0.1) is 0 Å². The molecule has 0 saturated heterocycles. The Morgan fingerprint density at radius 3 is 2.62 bits per heavy atom. The van der Waals surface area contributed by atoms with Gasteiger partial charge in [0.15, 0.2) is 6.10 Å². The minimum absolute atomic E-state index is 0.555. The molecule has 0 aliphatic rings. The fraction of sp³-hybridized carbons (Fsp3) is 0.400. The summed E-state index contributed by atoms with van der Waals surface area (Å²) in [6.45, 7) is 1.22. The average molecular weight is 298 g/mol. The second kappa shape index (κ2) is 5.05. The zero-order chi connectivity index (χ0) is 12.3. The number of aryl methyl sites for hydroxylation is 1. The highest BCUT2D eigenvalue weighted by Gasteiger charge is 2.37. The lowest BCUT2D eigenvalue weighted by Gasteiger charge is -2.17. The van der Waals surface area contributed by atoms with Gasteiger partial charge in [-0.15, -0.1) is 0 Å². The topological polar surface area (TPSA) is 32.3 Å². The normalized spacial score (nSPS) is 13.6. The Labute approximate surface area is 99.6 Å². The largest absolute Gasteiger partial charge is 0.416 e. The summed E-state index contributed by atoms with van der Waals surface area (Å²) in [5.41, 5.74) is 1.38. The van der Waals surface area contributed by atoms with E-state index >= 15 is 0 Å². The van der Waals surface area contributed by atoms with Crippen molar-refractivity contribution in [3.63, 3.8) is 0 Å². The lowest BCUT2D eigenvalue weighted by atomic mass is 10.2. The van der Waals surface area contributed by atoms with Crippen LogP contribution >= 0.6 is 15.9 Å². The van der Waals surface area contributed by atoms with E-state index in [1.807, 2.05) is 0 Å². The van der Waals surface area contributed by atoms with Crippen molar-refractivity contribution in [3.8, 4) is 0 Å². The first-order valence-corrected chi connectivity index (χ1v) is 5.35. The molecule has 0 radical (unpaired) electrons. The van der Waals surface area contributed by atoms with Crippen molar-refractivity contribution < 1.29 is 18.3 Å². The molecule has 2 nitrogen and oxygen atoms in total. The van der Waals surface area contributed by atoms with Crippen LogP contribution in [0.2, 0.25) is 0 Å². The molecule has 0 spiro atoms. The van der Waals surface area contributed by atoms with Crippen LogP contribution in [0.1, 0.15) is 5.56 Å². The van der Waals surface area contributed by atoms with Gasteiger partial charge in [0.1, 0.15) is 0 Å². The number of rotatable bonds is 3. The zero-order valence-electron chi connectivity index (χ0n) is 8.48. The fourth-order valence-electron chi connectivity index (χ4n) is 1.11. The number of alkyl halides is 3. The molecule has 0 fully saturated rings. The van der Waals surface area contributed by atoms with Gasteiger partial charge >= 0.3 is 6.18 Å². The highest BCUT2D eigenvalue weighted by Crippen LogP contribution is 2.23. The molecule has 1 rings (SSSR count). The van der Waals surface area contributed by atoms with E-state index in [1.54, 1.807) is 25.1 Å². The van der Waals surface area contributed by atoms with Crippen molar-refractivity contribution in [1.82, 2.24) is 0 Å². The minimum Gasteiger partial charge on any atom is -0.382 e. The van der Waals surface area contributed by atoms with Crippen LogP contribution < -0.4 is 5.32 Å². The van der Waals surface area contributed by atoms with Crippen molar-refractivity contribution in [2.75, 3.05) is 11.9 Å². The molecule has 1 aromatic carbocycles. The molecule has 90 valence electrons. The highest BCUT2D eigenvalue weighted by atomic mass is 79.9. The number of hydrogen-bond donors (Lipinski definition) is 2. The Morgan fingerprint density at radius 1 is 1.44 bits per heavy atom. The molecular formula is C10H11BrF3NO. The number of nitrogens with one attached hydrogen (secondary N) is 1. The van der Waals surface area contributed by atoms with Crippen molar-refractivity contribution in [2.45, 2.75) is 19.2 Å². The van der Waals surface area contributed by atoms with Gasteiger partial charge in [-0.3, -0.25) is 0 Å². The van der Waals surface area contributed by atoms with Crippen molar-refractivity contribution in [2.24, 2.45) is 0 Å². The van der Waals surface area contributed by atoms with Crippen LogP contribution in [0.5, 0.6) is 0 Å². The van der Waals surface area contributed by atoms with E-state index in [1.165, 1.54) is 0 Å². The number of aliphatic hydroxyl groups is 1. The van der Waals surface area contributed by atoms with Crippen LogP contribution in [0.3, 0.4) is 0 Å². The molecule has 1 unspecified atom stereocenters. The first-order valence-electron chi connectivity index (χ1n) is 4.55. The van der Waals surface area contributed by atoms with Gasteiger partial charge in [0.25, 0.3) is 0 Å². The molecule has 1 aromatic rings. The molecule has 0 saturated carbocycles. The molecule has 6 heteroatoms. The maximum absolute atomic E-state index is 12.0. The highest BCUT2D eigenvalue weighted by molar-refractivity contribution is 9.10. The molecule has 0 amide bonds. The Balaban J connectivity index is 2.64. The summed E-state index contributed by atoms with van der Waals surface area (Å²) in [5, 5.41) is 11.4. The zero-order valence-corrected chi connectivity index (χ0v) is 10.1. The quantitative estimate of drug-likeness (QED) is 0.899.